The molecule has 198 valence electrons. The molecule has 1 N–H and O–H groups in total. The Morgan fingerprint density at radius 2 is 1.92 bits per heavy atom. The van der Waals surface area contributed by atoms with Gasteiger partial charge < -0.3 is 19.4 Å². The number of H-pyrrole nitrogens is 1. The molecule has 10 nitrogen and oxygen atoms in total. The lowest BCUT2D eigenvalue weighted by molar-refractivity contribution is 0.0628. The highest BCUT2D eigenvalue weighted by Crippen LogP contribution is 2.30. The van der Waals surface area contributed by atoms with Gasteiger partial charge >= 0.3 is 0 Å². The number of hydrogen-bond acceptors (Lipinski definition) is 7. The maximum absolute atomic E-state index is 13.7. The summed E-state index contributed by atoms with van der Waals surface area (Å²) < 4.78 is 12.7. The van der Waals surface area contributed by atoms with E-state index in [9.17, 15) is 9.59 Å². The van der Waals surface area contributed by atoms with Crippen molar-refractivity contribution >= 4 is 27.7 Å². The Balaban J connectivity index is 1.26. The number of methoxy groups -OCH3 is 1. The fourth-order valence-electron chi connectivity index (χ4n) is 5.63. The van der Waals surface area contributed by atoms with Gasteiger partial charge in [-0.3, -0.25) is 19.2 Å². The van der Waals surface area contributed by atoms with E-state index in [1.54, 1.807) is 19.5 Å². The predicted octanol–water partition coefficient (Wildman–Crippen LogP) is 2.90. The molecular formula is C28H32N6O4. The van der Waals surface area contributed by atoms with Crippen LogP contribution in [0, 0.1) is 6.92 Å². The van der Waals surface area contributed by atoms with Gasteiger partial charge in [-0.15, -0.1) is 0 Å². The van der Waals surface area contributed by atoms with Crippen LogP contribution < -0.4 is 10.3 Å². The van der Waals surface area contributed by atoms with Crippen LogP contribution in [0.2, 0.25) is 0 Å². The third-order valence-corrected chi connectivity index (χ3v) is 7.75. The summed E-state index contributed by atoms with van der Waals surface area (Å²) in [5.41, 5.74) is 4.01. The number of nitrogens with zero attached hydrogens (tertiary/aromatic N) is 5. The van der Waals surface area contributed by atoms with Crippen molar-refractivity contribution < 1.29 is 14.3 Å². The Morgan fingerprint density at radius 3 is 2.68 bits per heavy atom. The molecule has 10 heteroatoms. The minimum Gasteiger partial charge on any atom is -0.481 e. The number of piperazine rings is 1. The van der Waals surface area contributed by atoms with Crippen molar-refractivity contribution in [1.29, 1.82) is 0 Å². The minimum atomic E-state index is -0.160. The summed E-state index contributed by atoms with van der Waals surface area (Å²) in [5.74, 6) is 0.628. The highest BCUT2D eigenvalue weighted by atomic mass is 16.5. The zero-order valence-corrected chi connectivity index (χ0v) is 21.8. The SMILES string of the molecule is COc1cc(CN2CCN(C(=O)c3cc4c(cc3C)[nH]c(=O)c3cnn(C5CCOCC5)c34)CC2)ccn1. The van der Waals surface area contributed by atoms with Gasteiger partial charge in [-0.05, 0) is 49.1 Å². The van der Waals surface area contributed by atoms with Gasteiger partial charge in [0.25, 0.3) is 11.5 Å². The first-order chi connectivity index (χ1) is 18.5. The highest BCUT2D eigenvalue weighted by molar-refractivity contribution is 6.07. The van der Waals surface area contributed by atoms with E-state index in [1.807, 2.05) is 40.8 Å². The standard InChI is InChI=1S/C28H32N6O4/c1-18-13-24-22(26-23(27(35)31-24)16-30-34(26)20-4-11-38-12-5-20)15-21(18)28(36)33-9-7-32(8-10-33)17-19-3-6-29-25(14-19)37-2/h3,6,13-16,20H,4-5,7-12,17H2,1-2H3,(H,31,35). The topological polar surface area (TPSA) is 106 Å². The molecule has 0 spiro atoms. The maximum Gasteiger partial charge on any atom is 0.259 e. The molecule has 0 radical (unpaired) electrons. The Labute approximate surface area is 220 Å². The molecule has 1 aromatic carbocycles. The molecule has 0 atom stereocenters. The molecular weight excluding hydrogens is 484 g/mol. The lowest BCUT2D eigenvalue weighted by Gasteiger charge is -2.35. The van der Waals surface area contributed by atoms with Crippen molar-refractivity contribution in [1.82, 2.24) is 29.5 Å². The van der Waals surface area contributed by atoms with E-state index >= 15 is 0 Å². The molecule has 2 saturated heterocycles. The smallest absolute Gasteiger partial charge is 0.259 e. The van der Waals surface area contributed by atoms with E-state index in [0.717, 1.165) is 60.0 Å². The van der Waals surface area contributed by atoms with Crippen LogP contribution in [0.15, 0.2) is 41.5 Å². The number of fused-ring (bicyclic) bond motifs is 3. The second-order valence-electron chi connectivity index (χ2n) is 10.1. The van der Waals surface area contributed by atoms with Gasteiger partial charge in [-0.25, -0.2) is 4.98 Å². The lowest BCUT2D eigenvalue weighted by atomic mass is 10.0. The number of ether oxygens (including phenoxy) is 2. The van der Waals surface area contributed by atoms with Crippen molar-refractivity contribution in [3.63, 3.8) is 0 Å². The van der Waals surface area contributed by atoms with Crippen molar-refractivity contribution in [2.24, 2.45) is 0 Å². The lowest BCUT2D eigenvalue weighted by Crippen LogP contribution is -2.48. The van der Waals surface area contributed by atoms with Gasteiger partial charge in [-0.1, -0.05) is 0 Å². The van der Waals surface area contributed by atoms with Gasteiger partial charge in [0, 0.05) is 69.2 Å². The summed E-state index contributed by atoms with van der Waals surface area (Å²) in [6, 6.07) is 7.97. The first-order valence-corrected chi connectivity index (χ1v) is 13.1. The number of benzene rings is 1. The van der Waals surface area contributed by atoms with Crippen LogP contribution in [0.5, 0.6) is 5.88 Å². The van der Waals surface area contributed by atoms with Crippen molar-refractivity contribution in [3.05, 3.63) is 63.7 Å². The average molecular weight is 517 g/mol. The van der Waals surface area contributed by atoms with Gasteiger partial charge in [-0.2, -0.15) is 5.10 Å². The van der Waals surface area contributed by atoms with Crippen LogP contribution >= 0.6 is 0 Å². The fraction of sp³-hybridized carbons (Fsp3) is 0.429. The molecule has 2 fully saturated rings. The number of nitrogens with one attached hydrogen (secondary N) is 1. The third-order valence-electron chi connectivity index (χ3n) is 7.75. The highest BCUT2D eigenvalue weighted by Gasteiger charge is 2.26. The second-order valence-corrected chi connectivity index (χ2v) is 10.1. The monoisotopic (exact) mass is 516 g/mol. The third kappa shape index (κ3) is 4.54. The van der Waals surface area contributed by atoms with E-state index < -0.39 is 0 Å². The summed E-state index contributed by atoms with van der Waals surface area (Å²) in [6.07, 6.45) is 5.09. The fourth-order valence-corrected chi connectivity index (χ4v) is 5.63. The first-order valence-electron chi connectivity index (χ1n) is 13.1. The number of aromatic amines is 1. The number of hydrogen-bond donors (Lipinski definition) is 1. The Bertz CT molecular complexity index is 1550. The molecule has 0 bridgehead atoms. The quantitative estimate of drug-likeness (QED) is 0.435. The number of aryl methyl sites for hydroxylation is 1. The van der Waals surface area contributed by atoms with Crippen LogP contribution in [-0.2, 0) is 11.3 Å². The van der Waals surface area contributed by atoms with E-state index in [0.29, 0.717) is 43.1 Å². The predicted molar refractivity (Wildman–Crippen MR) is 144 cm³/mol. The number of rotatable bonds is 5. The van der Waals surface area contributed by atoms with Crippen LogP contribution in [0.3, 0.4) is 0 Å². The van der Waals surface area contributed by atoms with Gasteiger partial charge in [0.2, 0.25) is 5.88 Å². The van der Waals surface area contributed by atoms with Crippen LogP contribution in [0.4, 0.5) is 0 Å². The number of carbonyl (C=O) groups is 1. The molecule has 0 unspecified atom stereocenters. The van der Waals surface area contributed by atoms with Crippen molar-refractivity contribution in [3.8, 4) is 5.88 Å². The zero-order chi connectivity index (χ0) is 26.2. The van der Waals surface area contributed by atoms with Gasteiger partial charge in [0.05, 0.1) is 35.8 Å². The summed E-state index contributed by atoms with van der Waals surface area (Å²) in [4.78, 5) is 38.0. The summed E-state index contributed by atoms with van der Waals surface area (Å²) in [7, 11) is 1.62. The minimum absolute atomic E-state index is 0.0195. The van der Waals surface area contributed by atoms with Gasteiger partial charge in [0.1, 0.15) is 0 Å². The van der Waals surface area contributed by atoms with Crippen LogP contribution in [0.1, 0.15) is 40.4 Å². The first kappa shape index (κ1) is 24.6. The summed E-state index contributed by atoms with van der Waals surface area (Å²) in [5, 5.41) is 6.00. The zero-order valence-electron chi connectivity index (χ0n) is 21.8. The molecule has 4 aromatic rings. The van der Waals surface area contributed by atoms with Crippen LogP contribution in [-0.4, -0.2) is 82.0 Å². The number of amides is 1. The van der Waals surface area contributed by atoms with E-state index in [4.69, 9.17) is 9.47 Å². The summed E-state index contributed by atoms with van der Waals surface area (Å²) >= 11 is 0. The Morgan fingerprint density at radius 1 is 1.13 bits per heavy atom. The Kier molecular flexibility index (Phi) is 6.59. The van der Waals surface area contributed by atoms with E-state index in [1.165, 1.54) is 0 Å². The number of pyridine rings is 2. The van der Waals surface area contributed by atoms with E-state index in [2.05, 4.69) is 20.0 Å². The maximum atomic E-state index is 13.7. The molecule has 0 aliphatic carbocycles. The molecule has 2 aliphatic heterocycles. The normalized spacial score (nSPS) is 17.4. The number of carbonyl (C=O) groups excluding carboxylic acids is 1. The molecule has 2 aliphatic rings. The molecule has 5 heterocycles. The Hall–Kier alpha value is -3.76. The molecule has 3 aromatic heterocycles. The van der Waals surface area contributed by atoms with E-state index in [-0.39, 0.29) is 17.5 Å². The summed E-state index contributed by atoms with van der Waals surface area (Å²) in [6.45, 7) is 6.95. The molecule has 38 heavy (non-hydrogen) atoms. The van der Waals surface area contributed by atoms with Crippen molar-refractivity contribution in [2.45, 2.75) is 32.4 Å². The van der Waals surface area contributed by atoms with Crippen molar-refractivity contribution in [2.75, 3.05) is 46.5 Å². The van der Waals surface area contributed by atoms with Crippen LogP contribution in [0.25, 0.3) is 21.8 Å². The van der Waals surface area contributed by atoms with Gasteiger partial charge in [0.15, 0.2) is 0 Å². The number of aromatic nitrogens is 4. The average Bonchev–Trinajstić information content (AvgIpc) is 3.40. The molecule has 1 amide bonds. The largest absolute Gasteiger partial charge is 0.481 e. The molecule has 0 saturated carbocycles. The molecule has 6 rings (SSSR count). The second kappa shape index (κ2) is 10.2.